The van der Waals surface area contributed by atoms with Crippen LogP contribution < -0.4 is 16.0 Å². The normalized spacial score (nSPS) is 30.2. The third-order valence-corrected chi connectivity index (χ3v) is 6.32. The highest BCUT2D eigenvalue weighted by Gasteiger charge is 2.48. The highest BCUT2D eigenvalue weighted by molar-refractivity contribution is 5.94. The molecule has 26 heavy (non-hydrogen) atoms. The van der Waals surface area contributed by atoms with Gasteiger partial charge in [-0.05, 0) is 61.6 Å². The molecule has 5 nitrogen and oxygen atoms in total. The summed E-state index contributed by atoms with van der Waals surface area (Å²) in [5, 5.41) is 3.06. The summed E-state index contributed by atoms with van der Waals surface area (Å²) in [6.45, 7) is 1.32. The lowest BCUT2D eigenvalue weighted by atomic mass is 9.84. The van der Waals surface area contributed by atoms with Crippen molar-refractivity contribution in [1.82, 2.24) is 5.32 Å². The van der Waals surface area contributed by atoms with Gasteiger partial charge in [0.1, 0.15) is 0 Å². The van der Waals surface area contributed by atoms with E-state index in [1.807, 2.05) is 29.2 Å². The second kappa shape index (κ2) is 7.97. The van der Waals surface area contributed by atoms with Gasteiger partial charge in [-0.2, -0.15) is 0 Å². The number of fused-ring (bicyclic) bond motifs is 2. The van der Waals surface area contributed by atoms with Crippen molar-refractivity contribution in [3.63, 3.8) is 0 Å². The quantitative estimate of drug-likeness (QED) is 0.846. The first kappa shape index (κ1) is 19.2. The fourth-order valence-electron chi connectivity index (χ4n) is 4.90. The van der Waals surface area contributed by atoms with Crippen LogP contribution in [0, 0.1) is 17.8 Å². The zero-order chi connectivity index (χ0) is 17.4. The molecule has 3 fully saturated rings. The average Bonchev–Trinajstić information content (AvgIpc) is 3.22. The van der Waals surface area contributed by atoms with E-state index in [-0.39, 0.29) is 36.2 Å². The van der Waals surface area contributed by atoms with E-state index in [1.54, 1.807) is 0 Å². The minimum absolute atomic E-state index is 0. The number of amides is 2. The molecule has 3 aliphatic rings. The molecular weight excluding hydrogens is 350 g/mol. The molecule has 4 rings (SSSR count). The maximum atomic E-state index is 12.5. The Bertz CT molecular complexity index is 662. The zero-order valence-electron chi connectivity index (χ0n) is 15.0. The lowest BCUT2D eigenvalue weighted by Gasteiger charge is -2.27. The highest BCUT2D eigenvalue weighted by Crippen LogP contribution is 2.47. The molecule has 0 spiro atoms. The van der Waals surface area contributed by atoms with Gasteiger partial charge in [0.05, 0.1) is 5.92 Å². The lowest BCUT2D eigenvalue weighted by molar-refractivity contribution is -0.127. The fraction of sp³-hybridized carbons (Fsp3) is 0.600. The van der Waals surface area contributed by atoms with Crippen LogP contribution in [-0.4, -0.2) is 24.4 Å². The second-order valence-corrected chi connectivity index (χ2v) is 7.82. The van der Waals surface area contributed by atoms with Gasteiger partial charge in [-0.1, -0.05) is 12.1 Å². The van der Waals surface area contributed by atoms with E-state index < -0.39 is 0 Å². The summed E-state index contributed by atoms with van der Waals surface area (Å²) in [4.78, 5) is 26.4. The molecule has 0 aromatic heterocycles. The Labute approximate surface area is 161 Å². The van der Waals surface area contributed by atoms with Crippen LogP contribution in [0.25, 0.3) is 0 Å². The number of hydrogen-bond donors (Lipinski definition) is 2. The Morgan fingerprint density at radius 1 is 1.15 bits per heavy atom. The lowest BCUT2D eigenvalue weighted by Crippen LogP contribution is -2.45. The van der Waals surface area contributed by atoms with Crippen molar-refractivity contribution in [3.8, 4) is 0 Å². The van der Waals surface area contributed by atoms with Crippen LogP contribution in [0.1, 0.15) is 44.1 Å². The van der Waals surface area contributed by atoms with E-state index in [9.17, 15) is 9.59 Å². The van der Waals surface area contributed by atoms with Crippen LogP contribution in [0.5, 0.6) is 0 Å². The van der Waals surface area contributed by atoms with Gasteiger partial charge >= 0.3 is 0 Å². The molecule has 2 amide bonds. The molecular formula is C20H28ClN3O2. The Kier molecular flexibility index (Phi) is 5.88. The maximum Gasteiger partial charge on any atom is 0.226 e. The first-order valence-corrected chi connectivity index (χ1v) is 9.56. The summed E-state index contributed by atoms with van der Waals surface area (Å²) < 4.78 is 0. The van der Waals surface area contributed by atoms with Gasteiger partial charge in [0.2, 0.25) is 11.8 Å². The maximum absolute atomic E-state index is 12.5. The van der Waals surface area contributed by atoms with Gasteiger partial charge in [-0.3, -0.25) is 9.59 Å². The molecule has 6 heteroatoms. The van der Waals surface area contributed by atoms with Gasteiger partial charge in [0.15, 0.2) is 0 Å². The molecule has 4 unspecified atom stereocenters. The third kappa shape index (κ3) is 3.60. The van der Waals surface area contributed by atoms with E-state index in [2.05, 4.69) is 5.32 Å². The van der Waals surface area contributed by atoms with Crippen LogP contribution >= 0.6 is 12.4 Å². The van der Waals surface area contributed by atoms with Gasteiger partial charge in [0.25, 0.3) is 0 Å². The van der Waals surface area contributed by atoms with E-state index in [0.717, 1.165) is 43.5 Å². The predicted octanol–water partition coefficient (Wildman–Crippen LogP) is 2.61. The number of carbonyl (C=O) groups excluding carboxylic acids is 2. The Morgan fingerprint density at radius 2 is 1.88 bits per heavy atom. The van der Waals surface area contributed by atoms with Gasteiger partial charge in [0, 0.05) is 31.2 Å². The van der Waals surface area contributed by atoms with Crippen LogP contribution in [0.15, 0.2) is 24.3 Å². The summed E-state index contributed by atoms with van der Waals surface area (Å²) in [5.41, 5.74) is 8.26. The largest absolute Gasteiger partial charge is 0.352 e. The molecule has 142 valence electrons. The summed E-state index contributed by atoms with van der Waals surface area (Å²) in [7, 11) is 0. The Morgan fingerprint density at radius 3 is 2.54 bits per heavy atom. The first-order valence-electron chi connectivity index (χ1n) is 9.56. The molecule has 1 aromatic rings. The molecule has 1 saturated heterocycles. The van der Waals surface area contributed by atoms with Crippen LogP contribution in [0.2, 0.25) is 0 Å². The number of piperidine rings is 1. The molecule has 2 aliphatic carbocycles. The molecule has 2 bridgehead atoms. The topological polar surface area (TPSA) is 75.4 Å². The monoisotopic (exact) mass is 377 g/mol. The number of hydrogen-bond acceptors (Lipinski definition) is 3. The van der Waals surface area contributed by atoms with Crippen molar-refractivity contribution in [3.05, 3.63) is 29.8 Å². The summed E-state index contributed by atoms with van der Waals surface area (Å²) in [6, 6.07) is 7.99. The number of halogens is 1. The standard InChI is InChI=1S/C20H27N3O2.ClH/c21-19-15-7-6-14(11-15)18(19)20(25)22-12-13-4-8-16(9-5-13)23-10-2-1-3-17(23)24;/h4-5,8-9,14-15,18-19H,1-3,6-7,10-12,21H2,(H,22,25);1H. The van der Waals surface area contributed by atoms with Crippen LogP contribution in [0.4, 0.5) is 5.69 Å². The zero-order valence-corrected chi connectivity index (χ0v) is 15.8. The van der Waals surface area contributed by atoms with E-state index in [0.29, 0.717) is 24.8 Å². The van der Waals surface area contributed by atoms with Crippen molar-refractivity contribution in [2.24, 2.45) is 23.5 Å². The first-order chi connectivity index (χ1) is 12.1. The second-order valence-electron chi connectivity index (χ2n) is 7.82. The number of benzene rings is 1. The molecule has 1 aromatic carbocycles. The number of nitrogens with two attached hydrogens (primary N) is 1. The molecule has 3 N–H and O–H groups in total. The van der Waals surface area contributed by atoms with Crippen molar-refractivity contribution in [2.75, 3.05) is 11.4 Å². The van der Waals surface area contributed by atoms with Crippen molar-refractivity contribution in [1.29, 1.82) is 0 Å². The number of nitrogens with one attached hydrogen (secondary N) is 1. The minimum atomic E-state index is -0.0102. The number of anilines is 1. The van der Waals surface area contributed by atoms with Crippen molar-refractivity contribution < 1.29 is 9.59 Å². The number of nitrogens with zero attached hydrogens (tertiary/aromatic N) is 1. The van der Waals surface area contributed by atoms with Gasteiger partial charge in [-0.15, -0.1) is 12.4 Å². The summed E-state index contributed by atoms with van der Waals surface area (Å²) in [6.07, 6.45) is 6.15. The molecule has 4 atom stereocenters. The Balaban J connectivity index is 0.00000196. The smallest absolute Gasteiger partial charge is 0.226 e. The molecule has 2 saturated carbocycles. The van der Waals surface area contributed by atoms with E-state index >= 15 is 0 Å². The summed E-state index contributed by atoms with van der Waals surface area (Å²) >= 11 is 0. The third-order valence-electron chi connectivity index (χ3n) is 6.32. The molecule has 1 heterocycles. The van der Waals surface area contributed by atoms with E-state index in [1.165, 1.54) is 6.42 Å². The highest BCUT2D eigenvalue weighted by atomic mass is 35.5. The SMILES string of the molecule is Cl.NC1C2CCC(C2)C1C(=O)NCc1ccc(N2CCCCC2=O)cc1. The molecule has 0 radical (unpaired) electrons. The van der Waals surface area contributed by atoms with Crippen molar-refractivity contribution >= 4 is 29.9 Å². The van der Waals surface area contributed by atoms with Gasteiger partial charge in [-0.25, -0.2) is 0 Å². The average molecular weight is 378 g/mol. The van der Waals surface area contributed by atoms with Crippen LogP contribution in [-0.2, 0) is 16.1 Å². The minimum Gasteiger partial charge on any atom is -0.352 e. The number of carbonyl (C=O) groups is 2. The number of rotatable bonds is 4. The Hall–Kier alpha value is -1.59. The van der Waals surface area contributed by atoms with E-state index in [4.69, 9.17) is 5.73 Å². The van der Waals surface area contributed by atoms with Gasteiger partial charge < -0.3 is 16.0 Å². The van der Waals surface area contributed by atoms with Crippen LogP contribution in [0.3, 0.4) is 0 Å². The van der Waals surface area contributed by atoms with Crippen molar-refractivity contribution in [2.45, 2.75) is 51.1 Å². The molecule has 1 aliphatic heterocycles. The fourth-order valence-corrected chi connectivity index (χ4v) is 4.90. The summed E-state index contributed by atoms with van der Waals surface area (Å²) in [5.74, 6) is 1.33. The predicted molar refractivity (Wildman–Crippen MR) is 104 cm³/mol.